The van der Waals surface area contributed by atoms with Crippen LogP contribution in [0.3, 0.4) is 0 Å². The minimum atomic E-state index is -4.53. The number of carboxylic acid groups (broad SMARTS) is 1. The standard InChI is InChI=1S/C21H22F3N3O2/c22-21(23,24)20-17(27-13-5-4-8-18(27)26-20)14-25-12-11-16(9-10-19(28)29)15-6-2-1-3-7-15/h1-8,13,16,25H,9-12,14H2,(H,28,29). The second-order valence-corrected chi connectivity index (χ2v) is 6.84. The van der Waals surface area contributed by atoms with Gasteiger partial charge in [-0.25, -0.2) is 4.98 Å². The van der Waals surface area contributed by atoms with E-state index in [0.717, 1.165) is 5.56 Å². The van der Waals surface area contributed by atoms with Crippen LogP contribution in [0.4, 0.5) is 13.2 Å². The predicted octanol–water partition coefficient (Wildman–Crippen LogP) is 4.48. The van der Waals surface area contributed by atoms with E-state index in [4.69, 9.17) is 5.11 Å². The van der Waals surface area contributed by atoms with Crippen LogP contribution in [-0.2, 0) is 17.5 Å². The number of hydrogen-bond acceptors (Lipinski definition) is 3. The fourth-order valence-electron chi connectivity index (χ4n) is 3.43. The van der Waals surface area contributed by atoms with Gasteiger partial charge in [-0.1, -0.05) is 36.4 Å². The highest BCUT2D eigenvalue weighted by Crippen LogP contribution is 2.32. The Morgan fingerprint density at radius 2 is 1.83 bits per heavy atom. The molecule has 0 aliphatic heterocycles. The number of carbonyl (C=O) groups is 1. The van der Waals surface area contributed by atoms with Crippen molar-refractivity contribution in [3.8, 4) is 0 Å². The molecular weight excluding hydrogens is 383 g/mol. The number of hydrogen-bond donors (Lipinski definition) is 2. The summed E-state index contributed by atoms with van der Waals surface area (Å²) in [5.74, 6) is -0.844. The highest BCUT2D eigenvalue weighted by atomic mass is 19.4. The number of benzene rings is 1. The summed E-state index contributed by atoms with van der Waals surface area (Å²) in [4.78, 5) is 14.7. The van der Waals surface area contributed by atoms with Gasteiger partial charge in [-0.05, 0) is 43.0 Å². The zero-order chi connectivity index (χ0) is 20.9. The lowest BCUT2D eigenvalue weighted by molar-refractivity contribution is -0.141. The summed E-state index contributed by atoms with van der Waals surface area (Å²) in [6.07, 6.45) is -1.82. The summed E-state index contributed by atoms with van der Waals surface area (Å²) in [6.45, 7) is 0.469. The highest BCUT2D eigenvalue weighted by Gasteiger charge is 2.37. The number of nitrogens with zero attached hydrogens (tertiary/aromatic N) is 2. The van der Waals surface area contributed by atoms with E-state index < -0.39 is 17.8 Å². The summed E-state index contributed by atoms with van der Waals surface area (Å²) >= 11 is 0. The number of fused-ring (bicyclic) bond motifs is 1. The van der Waals surface area contributed by atoms with E-state index in [-0.39, 0.29) is 30.2 Å². The van der Waals surface area contributed by atoms with Crippen molar-refractivity contribution < 1.29 is 23.1 Å². The summed E-state index contributed by atoms with van der Waals surface area (Å²) in [6, 6.07) is 14.4. The Hall–Kier alpha value is -2.87. The van der Waals surface area contributed by atoms with E-state index in [1.54, 1.807) is 18.3 Å². The van der Waals surface area contributed by atoms with E-state index in [0.29, 0.717) is 19.4 Å². The number of imidazole rings is 1. The fraction of sp³-hybridized carbons (Fsp3) is 0.333. The molecule has 154 valence electrons. The van der Waals surface area contributed by atoms with Gasteiger partial charge in [0.05, 0.1) is 5.69 Å². The van der Waals surface area contributed by atoms with Crippen molar-refractivity contribution in [3.05, 3.63) is 71.7 Å². The van der Waals surface area contributed by atoms with E-state index in [2.05, 4.69) is 10.3 Å². The van der Waals surface area contributed by atoms with Crippen LogP contribution in [0.15, 0.2) is 54.7 Å². The van der Waals surface area contributed by atoms with E-state index >= 15 is 0 Å². The molecule has 0 fully saturated rings. The van der Waals surface area contributed by atoms with Gasteiger partial charge >= 0.3 is 12.1 Å². The molecule has 0 saturated carbocycles. The van der Waals surface area contributed by atoms with E-state index in [1.165, 1.54) is 10.5 Å². The van der Waals surface area contributed by atoms with E-state index in [9.17, 15) is 18.0 Å². The van der Waals surface area contributed by atoms with Crippen LogP contribution in [0.5, 0.6) is 0 Å². The zero-order valence-corrected chi connectivity index (χ0v) is 15.7. The molecule has 8 heteroatoms. The maximum Gasteiger partial charge on any atom is 0.435 e. The molecule has 1 atom stereocenters. The minimum absolute atomic E-state index is 0.0143. The third-order valence-corrected chi connectivity index (χ3v) is 4.84. The van der Waals surface area contributed by atoms with Crippen molar-refractivity contribution in [1.82, 2.24) is 14.7 Å². The topological polar surface area (TPSA) is 66.6 Å². The van der Waals surface area contributed by atoms with Crippen LogP contribution in [0.2, 0.25) is 0 Å². The van der Waals surface area contributed by atoms with Gasteiger partial charge in [0.15, 0.2) is 5.69 Å². The number of nitrogens with one attached hydrogen (secondary N) is 1. The van der Waals surface area contributed by atoms with Gasteiger partial charge in [0.25, 0.3) is 0 Å². The molecule has 1 unspecified atom stereocenters. The Morgan fingerprint density at radius 3 is 2.52 bits per heavy atom. The van der Waals surface area contributed by atoms with Crippen LogP contribution in [0.1, 0.15) is 42.1 Å². The first-order chi connectivity index (χ1) is 13.9. The lowest BCUT2D eigenvalue weighted by Crippen LogP contribution is -2.21. The first kappa shape index (κ1) is 20.9. The van der Waals surface area contributed by atoms with Crippen molar-refractivity contribution in [2.24, 2.45) is 0 Å². The largest absolute Gasteiger partial charge is 0.481 e. The summed E-state index contributed by atoms with van der Waals surface area (Å²) in [5, 5.41) is 12.1. The molecule has 0 bridgehead atoms. The molecule has 0 spiro atoms. The lowest BCUT2D eigenvalue weighted by Gasteiger charge is -2.17. The van der Waals surface area contributed by atoms with Gasteiger partial charge in [-0.15, -0.1) is 0 Å². The molecule has 3 rings (SSSR count). The Labute approximate surface area is 166 Å². The Balaban J connectivity index is 1.68. The van der Waals surface area contributed by atoms with Crippen molar-refractivity contribution in [2.45, 2.75) is 37.9 Å². The lowest BCUT2D eigenvalue weighted by atomic mass is 9.91. The minimum Gasteiger partial charge on any atom is -0.481 e. The number of aliphatic carboxylic acids is 1. The molecule has 0 aliphatic carbocycles. The van der Waals surface area contributed by atoms with Crippen LogP contribution in [0, 0.1) is 0 Å². The second-order valence-electron chi connectivity index (χ2n) is 6.84. The third kappa shape index (κ3) is 5.35. The van der Waals surface area contributed by atoms with Crippen LogP contribution < -0.4 is 5.32 Å². The van der Waals surface area contributed by atoms with Crippen LogP contribution in [0.25, 0.3) is 5.65 Å². The number of carboxylic acids is 1. The Morgan fingerprint density at radius 1 is 1.10 bits per heavy atom. The fourth-order valence-corrected chi connectivity index (χ4v) is 3.43. The smallest absolute Gasteiger partial charge is 0.435 e. The van der Waals surface area contributed by atoms with Crippen molar-refractivity contribution in [3.63, 3.8) is 0 Å². The van der Waals surface area contributed by atoms with Gasteiger partial charge in [-0.3, -0.25) is 4.79 Å². The van der Waals surface area contributed by atoms with Crippen molar-refractivity contribution in [2.75, 3.05) is 6.54 Å². The molecule has 2 heterocycles. The van der Waals surface area contributed by atoms with Gasteiger partial charge in [0, 0.05) is 19.2 Å². The maximum atomic E-state index is 13.4. The first-order valence-electron chi connectivity index (χ1n) is 9.37. The first-order valence-corrected chi connectivity index (χ1v) is 9.37. The molecule has 5 nitrogen and oxygen atoms in total. The number of rotatable bonds is 9. The molecule has 0 amide bonds. The summed E-state index contributed by atoms with van der Waals surface area (Å²) in [5.41, 5.74) is 0.457. The van der Waals surface area contributed by atoms with Gasteiger partial charge in [0.1, 0.15) is 5.65 Å². The SMILES string of the molecule is O=C(O)CCC(CCNCc1c(C(F)(F)F)nc2ccccn12)c1ccccc1. The van der Waals surface area contributed by atoms with Crippen LogP contribution >= 0.6 is 0 Å². The maximum absolute atomic E-state index is 13.4. The Kier molecular flexibility index (Phi) is 6.53. The molecule has 29 heavy (non-hydrogen) atoms. The van der Waals surface area contributed by atoms with Crippen molar-refractivity contribution >= 4 is 11.6 Å². The molecule has 2 aromatic heterocycles. The quantitative estimate of drug-likeness (QED) is 0.515. The predicted molar refractivity (Wildman–Crippen MR) is 103 cm³/mol. The number of halogens is 3. The molecular formula is C21H22F3N3O2. The molecule has 1 aromatic carbocycles. The molecule has 0 aliphatic rings. The van der Waals surface area contributed by atoms with Gasteiger partial charge < -0.3 is 14.8 Å². The molecule has 0 saturated heterocycles. The average molecular weight is 405 g/mol. The summed E-state index contributed by atoms with van der Waals surface area (Å²) in [7, 11) is 0. The normalized spacial score (nSPS) is 12.9. The van der Waals surface area contributed by atoms with Crippen molar-refractivity contribution in [1.29, 1.82) is 0 Å². The molecule has 2 N–H and O–H groups in total. The third-order valence-electron chi connectivity index (χ3n) is 4.84. The highest BCUT2D eigenvalue weighted by molar-refractivity contribution is 5.66. The van der Waals surface area contributed by atoms with Gasteiger partial charge in [0.2, 0.25) is 0 Å². The summed E-state index contributed by atoms with van der Waals surface area (Å²) < 4.78 is 41.5. The van der Waals surface area contributed by atoms with Crippen LogP contribution in [-0.4, -0.2) is 27.0 Å². The number of alkyl halides is 3. The molecule has 0 radical (unpaired) electrons. The van der Waals surface area contributed by atoms with Gasteiger partial charge in [-0.2, -0.15) is 13.2 Å². The monoisotopic (exact) mass is 405 g/mol. The second kappa shape index (κ2) is 9.09. The number of pyridine rings is 1. The zero-order valence-electron chi connectivity index (χ0n) is 15.7. The number of aromatic nitrogens is 2. The Bertz CT molecular complexity index is 955. The van der Waals surface area contributed by atoms with E-state index in [1.807, 2.05) is 30.3 Å². The molecule has 3 aromatic rings. The average Bonchev–Trinajstić information content (AvgIpc) is 3.07.